The molecule has 0 aromatic carbocycles. The van der Waals surface area contributed by atoms with E-state index >= 15 is 0 Å². The predicted octanol–water partition coefficient (Wildman–Crippen LogP) is 17.5. The molecule has 1 unspecified atom stereocenters. The van der Waals surface area contributed by atoms with Crippen LogP contribution in [0.1, 0.15) is 207 Å². The van der Waals surface area contributed by atoms with Crippen molar-refractivity contribution in [2.45, 2.75) is 213 Å². The van der Waals surface area contributed by atoms with Crippen molar-refractivity contribution in [1.29, 1.82) is 0 Å². The van der Waals surface area contributed by atoms with E-state index in [0.29, 0.717) is 19.3 Å². The van der Waals surface area contributed by atoms with Gasteiger partial charge in [0.2, 0.25) is 0 Å². The van der Waals surface area contributed by atoms with Crippen LogP contribution in [0.4, 0.5) is 0 Å². The van der Waals surface area contributed by atoms with Crippen molar-refractivity contribution in [3.8, 4) is 0 Å². The fourth-order valence-corrected chi connectivity index (χ4v) is 6.63. The van der Waals surface area contributed by atoms with E-state index < -0.39 is 6.10 Å². The van der Waals surface area contributed by atoms with Gasteiger partial charge in [-0.3, -0.25) is 14.4 Å². The molecule has 0 saturated carbocycles. The van der Waals surface area contributed by atoms with Gasteiger partial charge in [-0.15, -0.1) is 0 Å². The summed E-state index contributed by atoms with van der Waals surface area (Å²) in [5.41, 5.74) is 0. The smallest absolute Gasteiger partial charge is 0.306 e. The first-order valence-electron chi connectivity index (χ1n) is 26.3. The Kier molecular flexibility index (Phi) is 49.6. The Bertz CT molecular complexity index is 1460. The fraction of sp³-hybridized carbons (Fsp3) is 0.583. The number of carbonyl (C=O) groups excluding carboxylic acids is 3. The zero-order valence-corrected chi connectivity index (χ0v) is 42.1. The molecule has 370 valence electrons. The quantitative estimate of drug-likeness (QED) is 0.0199. The molecule has 0 rings (SSSR count). The summed E-state index contributed by atoms with van der Waals surface area (Å²) in [6, 6.07) is 0. The molecule has 0 spiro atoms. The number of esters is 3. The minimum absolute atomic E-state index is 0.110. The molecule has 0 N–H and O–H groups in total. The Labute approximate surface area is 405 Å². The molecule has 0 radical (unpaired) electrons. The van der Waals surface area contributed by atoms with Crippen LogP contribution in [0.5, 0.6) is 0 Å². The van der Waals surface area contributed by atoms with E-state index in [1.165, 1.54) is 44.9 Å². The maximum atomic E-state index is 12.8. The van der Waals surface area contributed by atoms with E-state index in [9.17, 15) is 14.4 Å². The molecule has 0 heterocycles. The lowest BCUT2D eigenvalue weighted by molar-refractivity contribution is -0.167. The third-order valence-corrected chi connectivity index (χ3v) is 10.5. The first-order chi connectivity index (χ1) is 32.5. The lowest BCUT2D eigenvalue weighted by Crippen LogP contribution is -2.30. The van der Waals surface area contributed by atoms with Crippen molar-refractivity contribution < 1.29 is 28.6 Å². The zero-order valence-electron chi connectivity index (χ0n) is 42.1. The molecule has 0 aliphatic carbocycles. The molecule has 0 fully saturated rings. The van der Waals surface area contributed by atoms with Crippen LogP contribution >= 0.6 is 0 Å². The monoisotopic (exact) mass is 911 g/mol. The van der Waals surface area contributed by atoms with Crippen molar-refractivity contribution >= 4 is 17.9 Å². The Balaban J connectivity index is 4.53. The fourth-order valence-electron chi connectivity index (χ4n) is 6.63. The minimum atomic E-state index is -0.815. The summed E-state index contributed by atoms with van der Waals surface area (Å²) < 4.78 is 16.8. The van der Waals surface area contributed by atoms with Gasteiger partial charge in [-0.2, -0.15) is 0 Å². The van der Waals surface area contributed by atoms with Gasteiger partial charge in [-0.1, -0.05) is 219 Å². The average Bonchev–Trinajstić information content (AvgIpc) is 3.31. The van der Waals surface area contributed by atoms with E-state index in [1.54, 1.807) is 0 Å². The summed E-state index contributed by atoms with van der Waals surface area (Å²) in [6.45, 7) is 6.28. The number of rotatable bonds is 45. The molecule has 0 amide bonds. The first kappa shape index (κ1) is 61.5. The molecular weight excluding hydrogens is 817 g/mol. The van der Waals surface area contributed by atoms with Crippen LogP contribution in [0.3, 0.4) is 0 Å². The van der Waals surface area contributed by atoms with Gasteiger partial charge in [-0.05, 0) is 103 Å². The molecule has 0 aromatic heterocycles. The maximum Gasteiger partial charge on any atom is 0.306 e. The standard InChI is InChI=1S/C60H94O6/c1-4-7-10-13-16-19-22-25-27-29-30-32-33-35-38-41-44-47-50-53-59(62)65-56-57(55-64-58(61)52-49-46-43-40-37-24-21-18-15-12-9-6-3)66-60(63)54-51-48-45-42-39-36-34-31-28-26-23-20-17-14-11-8-5-2/h7-8,10-11,14,16-21,23,25-28,30-32,34,36,39,57H,4-6,9,12-13,15,22,24,29,33,35,37-38,40-56H2,1-3H3/b10-7-,11-8-,17-14-,19-16-,21-18-,23-20-,27-25-,28-26-,32-30-,34-31+,39-36-. The summed E-state index contributed by atoms with van der Waals surface area (Å²) in [7, 11) is 0. The molecule has 1 atom stereocenters. The average molecular weight is 911 g/mol. The Hall–Kier alpha value is -4.45. The van der Waals surface area contributed by atoms with Gasteiger partial charge in [0.25, 0.3) is 0 Å². The van der Waals surface area contributed by atoms with Crippen LogP contribution < -0.4 is 0 Å². The highest BCUT2D eigenvalue weighted by Gasteiger charge is 2.19. The highest BCUT2D eigenvalue weighted by Crippen LogP contribution is 2.13. The van der Waals surface area contributed by atoms with Gasteiger partial charge in [0.05, 0.1) is 0 Å². The predicted molar refractivity (Wildman–Crippen MR) is 283 cm³/mol. The largest absolute Gasteiger partial charge is 0.462 e. The molecule has 0 bridgehead atoms. The van der Waals surface area contributed by atoms with Crippen LogP contribution in [-0.4, -0.2) is 37.2 Å². The number of hydrogen-bond acceptors (Lipinski definition) is 6. The van der Waals surface area contributed by atoms with Gasteiger partial charge in [-0.25, -0.2) is 0 Å². The lowest BCUT2D eigenvalue weighted by Gasteiger charge is -2.18. The minimum Gasteiger partial charge on any atom is -0.462 e. The van der Waals surface area contributed by atoms with Crippen molar-refractivity contribution in [1.82, 2.24) is 0 Å². The summed E-state index contributed by atoms with van der Waals surface area (Å²) in [5.74, 6) is -0.986. The van der Waals surface area contributed by atoms with Crippen molar-refractivity contribution in [2.24, 2.45) is 0 Å². The molecule has 66 heavy (non-hydrogen) atoms. The van der Waals surface area contributed by atoms with Crippen LogP contribution in [0, 0.1) is 0 Å². The van der Waals surface area contributed by atoms with Crippen molar-refractivity contribution in [3.63, 3.8) is 0 Å². The number of allylic oxidation sites excluding steroid dienone is 22. The highest BCUT2D eigenvalue weighted by atomic mass is 16.6. The maximum absolute atomic E-state index is 12.8. The molecule has 6 heteroatoms. The summed E-state index contributed by atoms with van der Waals surface area (Å²) in [6.07, 6.45) is 74.3. The van der Waals surface area contributed by atoms with Gasteiger partial charge < -0.3 is 14.2 Å². The Morgan fingerprint density at radius 2 is 0.667 bits per heavy atom. The second-order valence-electron chi connectivity index (χ2n) is 16.8. The van der Waals surface area contributed by atoms with Gasteiger partial charge in [0, 0.05) is 19.3 Å². The zero-order chi connectivity index (χ0) is 47.9. The number of hydrogen-bond donors (Lipinski definition) is 0. The second kappa shape index (κ2) is 53.2. The van der Waals surface area contributed by atoms with Gasteiger partial charge in [0.15, 0.2) is 6.10 Å². The van der Waals surface area contributed by atoms with Crippen LogP contribution in [0.15, 0.2) is 134 Å². The SMILES string of the molecule is CC\C=C/C=C\C=C/C=C\C=C\C=C/CCCCCC(=O)OC(COC(=O)CCCCCCC/C=C\CCCCC)COC(=O)CCCCCCCC/C=C\C/C=C\C/C=C\C/C=C\CC. The highest BCUT2D eigenvalue weighted by molar-refractivity contribution is 5.71. The van der Waals surface area contributed by atoms with Crippen LogP contribution in [0.2, 0.25) is 0 Å². The third-order valence-electron chi connectivity index (χ3n) is 10.5. The topological polar surface area (TPSA) is 78.9 Å². The van der Waals surface area contributed by atoms with E-state index in [-0.39, 0.29) is 37.5 Å². The van der Waals surface area contributed by atoms with Crippen LogP contribution in [-0.2, 0) is 28.6 Å². The third kappa shape index (κ3) is 50.5. The normalized spacial score (nSPS) is 13.2. The van der Waals surface area contributed by atoms with E-state index in [4.69, 9.17) is 14.2 Å². The molecule has 0 aliphatic heterocycles. The summed E-state index contributed by atoms with van der Waals surface area (Å²) >= 11 is 0. The molecule has 6 nitrogen and oxygen atoms in total. The molecule has 0 aromatic rings. The number of ether oxygens (including phenoxy) is 3. The van der Waals surface area contributed by atoms with E-state index in [2.05, 4.69) is 93.7 Å². The molecule has 0 aliphatic rings. The molecular formula is C60H94O6. The van der Waals surface area contributed by atoms with Gasteiger partial charge >= 0.3 is 17.9 Å². The van der Waals surface area contributed by atoms with Gasteiger partial charge in [0.1, 0.15) is 13.2 Å². The Morgan fingerprint density at radius 3 is 1.14 bits per heavy atom. The van der Waals surface area contributed by atoms with Crippen molar-refractivity contribution in [3.05, 3.63) is 134 Å². The number of unbranched alkanes of at least 4 members (excludes halogenated alkanes) is 17. The molecule has 0 saturated heterocycles. The van der Waals surface area contributed by atoms with E-state index in [0.717, 1.165) is 116 Å². The summed E-state index contributed by atoms with van der Waals surface area (Å²) in [4.78, 5) is 38.0. The first-order valence-corrected chi connectivity index (χ1v) is 26.3. The van der Waals surface area contributed by atoms with Crippen molar-refractivity contribution in [2.75, 3.05) is 13.2 Å². The lowest BCUT2D eigenvalue weighted by atomic mass is 10.1. The summed E-state index contributed by atoms with van der Waals surface area (Å²) in [5, 5.41) is 0. The van der Waals surface area contributed by atoms with E-state index in [1.807, 2.05) is 60.8 Å². The van der Waals surface area contributed by atoms with Crippen LogP contribution in [0.25, 0.3) is 0 Å². The second-order valence-corrected chi connectivity index (χ2v) is 16.8. The number of carbonyl (C=O) groups is 3. The Morgan fingerprint density at radius 1 is 0.333 bits per heavy atom.